The molecule has 1 aliphatic carbocycles. The van der Waals surface area contributed by atoms with Gasteiger partial charge in [-0.2, -0.15) is 0 Å². The number of carbonyl (C=O) groups excluding carboxylic acids is 1. The van der Waals surface area contributed by atoms with Crippen LogP contribution in [-0.4, -0.2) is 45.9 Å². The summed E-state index contributed by atoms with van der Waals surface area (Å²) < 4.78 is 25.5. The number of hydrogen-bond donors (Lipinski definition) is 3. The summed E-state index contributed by atoms with van der Waals surface area (Å²) in [6.45, 7) is 2.16. The maximum absolute atomic E-state index is 12.3. The van der Waals surface area contributed by atoms with Crippen LogP contribution in [0, 0.1) is 6.92 Å². The molecule has 178 valence electrons. The molecule has 0 saturated heterocycles. The second kappa shape index (κ2) is 11.5. The third-order valence-corrected chi connectivity index (χ3v) is 6.38. The number of furan rings is 1. The summed E-state index contributed by atoms with van der Waals surface area (Å²) in [5.74, 6) is 1.28. The smallest absolute Gasteiger partial charge is 0.269 e. The summed E-state index contributed by atoms with van der Waals surface area (Å²) in [4.78, 5) is 13.7. The molecule has 11 heteroatoms. The molecule has 4 rings (SSSR count). The Hall–Kier alpha value is -2.66. The average Bonchev–Trinajstić information content (AvgIpc) is 3.52. The van der Waals surface area contributed by atoms with Crippen LogP contribution in [0.1, 0.15) is 54.0 Å². The average molecular weight is 538 g/mol. The fourth-order valence-electron chi connectivity index (χ4n) is 3.32. The molecule has 1 aromatic heterocycles. The van der Waals surface area contributed by atoms with Crippen molar-refractivity contribution >= 4 is 50.4 Å². The maximum atomic E-state index is 12.3. The molecule has 1 aromatic carbocycles. The van der Waals surface area contributed by atoms with Crippen molar-refractivity contribution in [3.63, 3.8) is 0 Å². The number of nitrogens with zero attached hydrogens (tertiary/aromatic N) is 3. The number of amidine groups is 2. The minimum atomic E-state index is -1.79. The van der Waals surface area contributed by atoms with E-state index in [1.807, 2.05) is 19.1 Å². The second-order valence-corrected chi connectivity index (χ2v) is 9.57. The van der Waals surface area contributed by atoms with Gasteiger partial charge in [-0.3, -0.25) is 4.79 Å². The van der Waals surface area contributed by atoms with Crippen LogP contribution in [0.3, 0.4) is 0 Å². The van der Waals surface area contributed by atoms with E-state index in [1.165, 1.54) is 37.0 Å². The number of aromatic hydroxyl groups is 1. The summed E-state index contributed by atoms with van der Waals surface area (Å²) in [6, 6.07) is 6.85. The highest BCUT2D eigenvalue weighted by atomic mass is 79.9. The van der Waals surface area contributed by atoms with Crippen molar-refractivity contribution in [2.24, 2.45) is 8.80 Å². The molecule has 1 aliphatic heterocycles. The quantitative estimate of drug-likeness (QED) is 0.500. The number of phenols is 1. The first-order valence-corrected chi connectivity index (χ1v) is 12.5. The van der Waals surface area contributed by atoms with Crippen molar-refractivity contribution in [3.05, 3.63) is 45.8 Å². The molecule has 1 unspecified atom stereocenters. The van der Waals surface area contributed by atoms with Crippen LogP contribution in [0.25, 0.3) is 0 Å². The molecule has 2 heterocycles. The Morgan fingerprint density at radius 1 is 1.12 bits per heavy atom. The second-order valence-electron chi connectivity index (χ2n) is 7.89. The summed E-state index contributed by atoms with van der Waals surface area (Å²) in [6.07, 6.45) is 7.50. The summed E-state index contributed by atoms with van der Waals surface area (Å²) >= 11 is 1.49. The zero-order chi connectivity index (χ0) is 24.0. The van der Waals surface area contributed by atoms with E-state index in [0.29, 0.717) is 16.8 Å². The van der Waals surface area contributed by atoms with Crippen molar-refractivity contribution in [1.29, 1.82) is 0 Å². The number of hydrogen-bond acceptors (Lipinski definition) is 6. The lowest BCUT2D eigenvalue weighted by Crippen LogP contribution is -2.33. The Morgan fingerprint density at radius 3 is 2.33 bits per heavy atom. The monoisotopic (exact) mass is 537 g/mol. The van der Waals surface area contributed by atoms with Gasteiger partial charge in [-0.25, -0.2) is 4.21 Å². The fourth-order valence-corrected chi connectivity index (χ4v) is 4.44. The molecule has 0 bridgehead atoms. The van der Waals surface area contributed by atoms with Crippen molar-refractivity contribution in [3.8, 4) is 5.75 Å². The van der Waals surface area contributed by atoms with Crippen LogP contribution in [0.4, 0.5) is 5.69 Å². The lowest BCUT2D eigenvalue weighted by Gasteiger charge is -2.16. The minimum Gasteiger partial charge on any atom is -0.505 e. The van der Waals surface area contributed by atoms with Crippen molar-refractivity contribution < 1.29 is 18.5 Å². The summed E-state index contributed by atoms with van der Waals surface area (Å²) in [7, 11) is 3.17. The molecule has 3 N–H and O–H groups in total. The van der Waals surface area contributed by atoms with Gasteiger partial charge in [-0.15, -0.1) is 8.80 Å². The van der Waals surface area contributed by atoms with Crippen LogP contribution in [0.2, 0.25) is 0 Å². The van der Waals surface area contributed by atoms with E-state index in [4.69, 9.17) is 4.42 Å². The molecule has 0 radical (unpaired) electrons. The van der Waals surface area contributed by atoms with Gasteiger partial charge in [0.1, 0.15) is 11.5 Å². The minimum absolute atomic E-state index is 0.104. The molecule has 2 aromatic rings. The molecule has 1 fully saturated rings. The van der Waals surface area contributed by atoms with Gasteiger partial charge in [0.05, 0.1) is 17.8 Å². The Labute approximate surface area is 204 Å². The van der Waals surface area contributed by atoms with Crippen LogP contribution in [0.15, 0.2) is 42.0 Å². The normalized spacial score (nSPS) is 17.0. The van der Waals surface area contributed by atoms with Gasteiger partial charge in [0.25, 0.3) is 17.1 Å². The van der Waals surface area contributed by atoms with Gasteiger partial charge < -0.3 is 25.1 Å². The highest BCUT2D eigenvalue weighted by molar-refractivity contribution is 9.10. The van der Waals surface area contributed by atoms with E-state index in [9.17, 15) is 14.1 Å². The number of halogens is 1. The molecule has 2 aliphatic rings. The lowest BCUT2D eigenvalue weighted by atomic mass is 10.1. The predicted molar refractivity (Wildman–Crippen MR) is 134 cm³/mol. The Morgan fingerprint density at radius 2 is 1.76 bits per heavy atom. The van der Waals surface area contributed by atoms with E-state index in [0.717, 1.165) is 5.76 Å². The van der Waals surface area contributed by atoms with Crippen LogP contribution in [-0.2, 0) is 17.7 Å². The SMILES string of the molecule is C1CCCC1.Cc1ccc(CNC2=NS(=O)N=C2Nc2ccc(Br)c(C(=O)N(C)C)c2O)o1. The highest BCUT2D eigenvalue weighted by Gasteiger charge is 2.24. The van der Waals surface area contributed by atoms with E-state index >= 15 is 0 Å². The highest BCUT2D eigenvalue weighted by Crippen LogP contribution is 2.34. The number of anilines is 1. The Kier molecular flexibility index (Phi) is 8.67. The Bertz CT molecular complexity index is 1080. The number of carbonyl (C=O) groups is 1. The first-order valence-electron chi connectivity index (χ1n) is 10.7. The molecule has 1 amide bonds. The molecule has 0 spiro atoms. The van der Waals surface area contributed by atoms with Gasteiger partial charge in [-0.1, -0.05) is 32.1 Å². The zero-order valence-corrected chi connectivity index (χ0v) is 21.3. The van der Waals surface area contributed by atoms with Crippen molar-refractivity contribution in [1.82, 2.24) is 10.2 Å². The first-order chi connectivity index (χ1) is 15.8. The van der Waals surface area contributed by atoms with E-state index in [-0.39, 0.29) is 34.6 Å². The van der Waals surface area contributed by atoms with Crippen LogP contribution in [0.5, 0.6) is 5.75 Å². The number of aryl methyl sites for hydroxylation is 1. The van der Waals surface area contributed by atoms with Crippen LogP contribution >= 0.6 is 15.9 Å². The third-order valence-electron chi connectivity index (χ3n) is 5.04. The van der Waals surface area contributed by atoms with E-state index < -0.39 is 11.2 Å². The van der Waals surface area contributed by atoms with Gasteiger partial charge in [0, 0.05) is 18.6 Å². The van der Waals surface area contributed by atoms with Gasteiger partial charge in [0.15, 0.2) is 17.4 Å². The molecule has 1 saturated carbocycles. The molecular weight excluding hydrogens is 510 g/mol. The number of nitrogens with one attached hydrogen (secondary N) is 2. The van der Waals surface area contributed by atoms with Crippen molar-refractivity contribution in [2.75, 3.05) is 19.4 Å². The predicted octanol–water partition coefficient (Wildman–Crippen LogP) is 4.30. The molecule has 33 heavy (non-hydrogen) atoms. The maximum Gasteiger partial charge on any atom is 0.269 e. The van der Waals surface area contributed by atoms with E-state index in [2.05, 4.69) is 35.4 Å². The molecule has 9 nitrogen and oxygen atoms in total. The summed E-state index contributed by atoms with van der Waals surface area (Å²) in [5.41, 5.74) is 0.335. The zero-order valence-electron chi connectivity index (χ0n) is 18.9. The van der Waals surface area contributed by atoms with Gasteiger partial charge in [0.2, 0.25) is 0 Å². The van der Waals surface area contributed by atoms with Crippen LogP contribution < -0.4 is 10.6 Å². The molecule has 1 atom stereocenters. The van der Waals surface area contributed by atoms with E-state index in [1.54, 1.807) is 26.2 Å². The lowest BCUT2D eigenvalue weighted by molar-refractivity contribution is 0.0824. The largest absolute Gasteiger partial charge is 0.505 e. The topological polar surface area (TPSA) is 120 Å². The number of phenolic OH excluding ortho intramolecular Hbond substituents is 1. The van der Waals surface area contributed by atoms with Crippen molar-refractivity contribution in [2.45, 2.75) is 45.6 Å². The fraction of sp³-hybridized carbons (Fsp3) is 0.409. The number of amides is 1. The number of rotatable bonds is 4. The summed E-state index contributed by atoms with van der Waals surface area (Å²) in [5, 5.41) is 16.5. The van der Waals surface area contributed by atoms with Gasteiger partial charge >= 0.3 is 0 Å². The third kappa shape index (κ3) is 6.67. The standard InChI is InChI=1S/C17H18BrN5O4S.C5H10/c1-9-4-5-10(27-9)8-19-15-16(22-28(26)21-15)20-12-7-6-11(18)13(14(12)24)17(25)23(2)3;1-2-4-5-3-1/h4-7,24H,8H2,1-3H3,(H,19,21)(H,20,22);1-5H2. The molecular formula is C22H28BrN5O4S. The number of benzene rings is 1. The van der Waals surface area contributed by atoms with Gasteiger partial charge in [-0.05, 0) is 47.1 Å². The Balaban J connectivity index is 0.000000541. The first kappa shape index (κ1) is 25.0.